The third-order valence-electron chi connectivity index (χ3n) is 1.02. The first-order chi connectivity index (χ1) is 4.33. The van der Waals surface area contributed by atoms with E-state index in [1.807, 2.05) is 11.9 Å². The number of aliphatic hydroxyl groups excluding tert-OH is 1. The highest BCUT2D eigenvalue weighted by molar-refractivity contribution is 5.01. The van der Waals surface area contributed by atoms with Gasteiger partial charge < -0.3 is 14.7 Å². The summed E-state index contributed by atoms with van der Waals surface area (Å²) in [5.74, 6) is 0.569. The van der Waals surface area contributed by atoms with Crippen molar-refractivity contribution in [3.63, 3.8) is 0 Å². The van der Waals surface area contributed by atoms with Crippen LogP contribution in [0.1, 0.15) is 0 Å². The predicted molar refractivity (Wildman–Crippen MR) is 33.2 cm³/mol. The zero-order valence-electron chi connectivity index (χ0n) is 5.24. The summed E-state index contributed by atoms with van der Waals surface area (Å²) in [5.41, 5.74) is 0. The normalized spacial score (nSPS) is 17.1. The van der Waals surface area contributed by atoms with E-state index in [0.29, 0.717) is 5.76 Å². The van der Waals surface area contributed by atoms with Crippen molar-refractivity contribution in [2.24, 2.45) is 0 Å². The Kier molecular flexibility index (Phi) is 1.75. The van der Waals surface area contributed by atoms with E-state index in [9.17, 15) is 0 Å². The highest BCUT2D eigenvalue weighted by Crippen LogP contribution is 2.04. The van der Waals surface area contributed by atoms with Gasteiger partial charge in [-0.15, -0.1) is 0 Å². The van der Waals surface area contributed by atoms with Crippen LogP contribution < -0.4 is 0 Å². The molecule has 0 saturated carbocycles. The van der Waals surface area contributed by atoms with Crippen LogP contribution in [0.5, 0.6) is 0 Å². The molecule has 0 unspecified atom stereocenters. The van der Waals surface area contributed by atoms with Gasteiger partial charge in [0.05, 0.1) is 0 Å². The molecule has 50 valence electrons. The standard InChI is InChI=1S/C6H9NO2/c1-7-2-3-9-6(4-7)5-8/h2-4,8H,5H2,1H3. The smallest absolute Gasteiger partial charge is 0.145 e. The Morgan fingerprint density at radius 3 is 3.00 bits per heavy atom. The van der Waals surface area contributed by atoms with Crippen molar-refractivity contribution >= 4 is 0 Å². The topological polar surface area (TPSA) is 32.7 Å². The van der Waals surface area contributed by atoms with E-state index >= 15 is 0 Å². The lowest BCUT2D eigenvalue weighted by atomic mass is 10.5. The van der Waals surface area contributed by atoms with Gasteiger partial charge in [-0.25, -0.2) is 0 Å². The molecular weight excluding hydrogens is 118 g/mol. The van der Waals surface area contributed by atoms with Gasteiger partial charge >= 0.3 is 0 Å². The monoisotopic (exact) mass is 127 g/mol. The molecule has 1 N–H and O–H groups in total. The van der Waals surface area contributed by atoms with Gasteiger partial charge in [-0.05, 0) is 0 Å². The number of hydrogen-bond acceptors (Lipinski definition) is 3. The molecule has 0 fully saturated rings. The summed E-state index contributed by atoms with van der Waals surface area (Å²) in [4.78, 5) is 1.81. The van der Waals surface area contributed by atoms with Gasteiger partial charge in [0.1, 0.15) is 18.6 Å². The maximum absolute atomic E-state index is 8.55. The number of nitrogens with zero attached hydrogens (tertiary/aromatic N) is 1. The summed E-state index contributed by atoms with van der Waals surface area (Å²) >= 11 is 0. The van der Waals surface area contributed by atoms with E-state index in [4.69, 9.17) is 9.84 Å². The molecular formula is C6H9NO2. The summed E-state index contributed by atoms with van der Waals surface area (Å²) in [6.07, 6.45) is 5.02. The molecule has 0 aromatic rings. The largest absolute Gasteiger partial charge is 0.464 e. The van der Waals surface area contributed by atoms with Crippen molar-refractivity contribution in [2.45, 2.75) is 0 Å². The summed E-state index contributed by atoms with van der Waals surface area (Å²) in [5, 5.41) is 8.55. The average molecular weight is 127 g/mol. The van der Waals surface area contributed by atoms with Crippen LogP contribution in [0, 0.1) is 0 Å². The predicted octanol–water partition coefficient (Wildman–Crippen LogP) is 0.253. The molecule has 9 heavy (non-hydrogen) atoms. The molecule has 0 amide bonds. The molecule has 1 aliphatic rings. The van der Waals surface area contributed by atoms with Crippen molar-refractivity contribution in [1.29, 1.82) is 0 Å². The van der Waals surface area contributed by atoms with Crippen molar-refractivity contribution in [3.8, 4) is 0 Å². The van der Waals surface area contributed by atoms with Crippen molar-refractivity contribution in [2.75, 3.05) is 13.7 Å². The van der Waals surface area contributed by atoms with Crippen molar-refractivity contribution in [1.82, 2.24) is 4.90 Å². The zero-order valence-corrected chi connectivity index (χ0v) is 5.24. The van der Waals surface area contributed by atoms with E-state index in [2.05, 4.69) is 0 Å². The number of hydrogen-bond donors (Lipinski definition) is 1. The van der Waals surface area contributed by atoms with Crippen molar-refractivity contribution < 1.29 is 9.84 Å². The van der Waals surface area contributed by atoms with Crippen LogP contribution in [0.4, 0.5) is 0 Å². The van der Waals surface area contributed by atoms with Crippen LogP contribution >= 0.6 is 0 Å². The van der Waals surface area contributed by atoms with Crippen LogP contribution in [0.15, 0.2) is 24.4 Å². The lowest BCUT2D eigenvalue weighted by molar-refractivity contribution is 0.218. The first kappa shape index (κ1) is 6.16. The molecule has 0 atom stereocenters. The first-order valence-corrected chi connectivity index (χ1v) is 2.70. The second-order valence-electron chi connectivity index (χ2n) is 1.82. The summed E-state index contributed by atoms with van der Waals surface area (Å²) < 4.78 is 4.89. The Balaban J connectivity index is 2.55. The maximum Gasteiger partial charge on any atom is 0.145 e. The van der Waals surface area contributed by atoms with Gasteiger partial charge in [0.2, 0.25) is 0 Å². The molecule has 3 nitrogen and oxygen atoms in total. The van der Waals surface area contributed by atoms with E-state index < -0.39 is 0 Å². The van der Waals surface area contributed by atoms with Gasteiger partial charge in [-0.2, -0.15) is 0 Å². The summed E-state index contributed by atoms with van der Waals surface area (Å²) in [6, 6.07) is 0. The molecule has 0 saturated heterocycles. The first-order valence-electron chi connectivity index (χ1n) is 2.70. The van der Waals surface area contributed by atoms with Gasteiger partial charge in [-0.1, -0.05) is 0 Å². The number of aliphatic hydroxyl groups is 1. The molecule has 3 heteroatoms. The molecule has 1 rings (SSSR count). The SMILES string of the molecule is CN1C=COC(CO)=C1. The van der Waals surface area contributed by atoms with Crippen LogP contribution in [-0.4, -0.2) is 23.7 Å². The highest BCUT2D eigenvalue weighted by Gasteiger charge is 1.99. The van der Waals surface area contributed by atoms with Crippen molar-refractivity contribution in [3.05, 3.63) is 24.4 Å². The third kappa shape index (κ3) is 1.47. The Hall–Kier alpha value is -0.960. The van der Waals surface area contributed by atoms with E-state index in [0.717, 1.165) is 0 Å². The highest BCUT2D eigenvalue weighted by atomic mass is 16.5. The zero-order chi connectivity index (χ0) is 6.69. The minimum atomic E-state index is -0.0469. The summed E-state index contributed by atoms with van der Waals surface area (Å²) in [6.45, 7) is -0.0469. The van der Waals surface area contributed by atoms with Crippen LogP contribution in [0.3, 0.4) is 0 Å². The van der Waals surface area contributed by atoms with E-state index in [1.165, 1.54) is 6.26 Å². The van der Waals surface area contributed by atoms with Gasteiger partial charge in [0.15, 0.2) is 0 Å². The second kappa shape index (κ2) is 2.55. The maximum atomic E-state index is 8.55. The number of ether oxygens (including phenoxy) is 1. The van der Waals surface area contributed by atoms with Crippen LogP contribution in [0.2, 0.25) is 0 Å². The molecule has 0 aromatic carbocycles. The molecule has 1 heterocycles. The molecule has 0 spiro atoms. The third-order valence-corrected chi connectivity index (χ3v) is 1.02. The van der Waals surface area contributed by atoms with Crippen LogP contribution in [-0.2, 0) is 4.74 Å². The second-order valence-corrected chi connectivity index (χ2v) is 1.82. The van der Waals surface area contributed by atoms with Crippen LogP contribution in [0.25, 0.3) is 0 Å². The molecule has 0 aromatic heterocycles. The fourth-order valence-corrected chi connectivity index (χ4v) is 0.592. The summed E-state index contributed by atoms with van der Waals surface area (Å²) in [7, 11) is 1.87. The minimum Gasteiger partial charge on any atom is -0.464 e. The number of rotatable bonds is 1. The Labute approximate surface area is 53.8 Å². The quantitative estimate of drug-likeness (QED) is 0.548. The molecule has 1 aliphatic heterocycles. The molecule has 0 radical (unpaired) electrons. The van der Waals surface area contributed by atoms with E-state index in [-0.39, 0.29) is 6.61 Å². The fraction of sp³-hybridized carbons (Fsp3) is 0.333. The van der Waals surface area contributed by atoms with Gasteiger partial charge in [0.25, 0.3) is 0 Å². The average Bonchev–Trinajstić information content (AvgIpc) is 1.88. The lowest BCUT2D eigenvalue weighted by Crippen LogP contribution is -2.09. The van der Waals surface area contributed by atoms with Gasteiger partial charge in [0, 0.05) is 19.4 Å². The van der Waals surface area contributed by atoms with E-state index in [1.54, 1.807) is 12.4 Å². The molecule has 0 bridgehead atoms. The Morgan fingerprint density at radius 2 is 2.56 bits per heavy atom. The fourth-order valence-electron chi connectivity index (χ4n) is 0.592. The van der Waals surface area contributed by atoms with Gasteiger partial charge in [-0.3, -0.25) is 0 Å². The Bertz CT molecular complexity index is 151. The minimum absolute atomic E-state index is 0.0469. The Morgan fingerprint density at radius 1 is 1.78 bits per heavy atom. The lowest BCUT2D eigenvalue weighted by Gasteiger charge is -2.14. The molecule has 0 aliphatic carbocycles.